The molecule has 0 spiro atoms. The van der Waals surface area contributed by atoms with Gasteiger partial charge in [-0.25, -0.2) is 0 Å². The Labute approximate surface area is 90.6 Å². The average Bonchev–Trinajstić information content (AvgIpc) is 2.42. The van der Waals surface area contributed by atoms with Gasteiger partial charge >= 0.3 is 0 Å². The molecule has 1 fully saturated rings. The predicted octanol–water partition coefficient (Wildman–Crippen LogP) is 2.45. The van der Waals surface area contributed by atoms with E-state index < -0.39 is 5.89 Å². The van der Waals surface area contributed by atoms with Gasteiger partial charge in [0.15, 0.2) is 0 Å². The smallest absolute Gasteiger partial charge is 0.211 e. The van der Waals surface area contributed by atoms with Crippen LogP contribution in [0.5, 0.6) is 0 Å². The topological polar surface area (TPSA) is 29.5 Å². The van der Waals surface area contributed by atoms with Gasteiger partial charge in [0.2, 0.25) is 1.43 Å². The van der Waals surface area contributed by atoms with E-state index in [1.807, 2.05) is 41.5 Å². The van der Waals surface area contributed by atoms with Crippen LogP contribution >= 0.6 is 0 Å². The molecule has 0 aliphatic carbocycles. The molecule has 14 heavy (non-hydrogen) atoms. The van der Waals surface area contributed by atoms with Crippen molar-refractivity contribution in [3.8, 4) is 0 Å². The van der Waals surface area contributed by atoms with Gasteiger partial charge < -0.3 is 9.85 Å². The van der Waals surface area contributed by atoms with Gasteiger partial charge in [-0.15, -0.1) is 0 Å². The van der Waals surface area contributed by atoms with Crippen LogP contribution < -0.4 is 0 Å². The van der Waals surface area contributed by atoms with Crippen LogP contribution in [0.3, 0.4) is 0 Å². The summed E-state index contributed by atoms with van der Waals surface area (Å²) in [5.74, 6) is -0.428. The number of hydrogen-bond acceptors (Lipinski definition) is 2. The number of rotatable bonds is 3. The molecule has 2 heteroatoms. The quantitative estimate of drug-likeness (QED) is 0.765. The van der Waals surface area contributed by atoms with E-state index in [4.69, 9.17) is 12.6 Å². The lowest BCUT2D eigenvalue weighted by Crippen LogP contribution is -2.41. The minimum Gasteiger partial charge on any atom is -0.390 e. The molecule has 0 bridgehead atoms. The molecule has 4 unspecified atom stereocenters. The molecule has 1 aliphatic rings. The van der Waals surface area contributed by atoms with Gasteiger partial charge in [-0.05, 0) is 18.2 Å². The summed E-state index contributed by atoms with van der Waals surface area (Å²) in [6, 6.07) is 0. The molecule has 1 saturated heterocycles. The molecule has 84 valence electrons. The fourth-order valence-corrected chi connectivity index (χ4v) is 1.84. The molecule has 0 aromatic carbocycles. The van der Waals surface area contributed by atoms with Crippen LogP contribution in [0.25, 0.3) is 0 Å². The summed E-state index contributed by atoms with van der Waals surface area (Å²) < 4.78 is 21.3. The predicted molar refractivity (Wildman–Crippen MR) is 58.1 cm³/mol. The van der Waals surface area contributed by atoms with Gasteiger partial charge in [-0.2, -0.15) is 0 Å². The summed E-state index contributed by atoms with van der Waals surface area (Å²) in [6.07, 6.45) is -0.348. The van der Waals surface area contributed by atoms with Gasteiger partial charge in [0.25, 0.3) is 0 Å². The third kappa shape index (κ3) is 1.82. The van der Waals surface area contributed by atoms with Crippen molar-refractivity contribution >= 4 is 0 Å². The van der Waals surface area contributed by atoms with Gasteiger partial charge in [0, 0.05) is 7.29 Å². The molecule has 1 heterocycles. The Morgan fingerprint density at radius 1 is 1.43 bits per heavy atom. The van der Waals surface area contributed by atoms with Gasteiger partial charge in [0.1, 0.15) is 0 Å². The third-order valence-electron chi connectivity index (χ3n) is 3.92. The molecular formula is C12H24O2. The first-order valence-corrected chi connectivity index (χ1v) is 5.40. The van der Waals surface area contributed by atoms with Crippen LogP contribution in [0.15, 0.2) is 0 Å². The maximum atomic E-state index is 8.20. The highest BCUT2D eigenvalue weighted by molar-refractivity contribution is 4.95. The summed E-state index contributed by atoms with van der Waals surface area (Å²) in [6.45, 7) is 11.8. The van der Waals surface area contributed by atoms with Crippen molar-refractivity contribution in [1.29, 1.82) is 1.43 Å². The van der Waals surface area contributed by atoms with E-state index in [0.29, 0.717) is 0 Å². The van der Waals surface area contributed by atoms with Crippen LogP contribution in [-0.4, -0.2) is 24.9 Å². The third-order valence-corrected chi connectivity index (χ3v) is 3.92. The van der Waals surface area contributed by atoms with E-state index in [1.165, 1.54) is 0 Å². The maximum absolute atomic E-state index is 8.20. The Balaban J connectivity index is 2.96. The second kappa shape index (κ2) is 3.82. The van der Waals surface area contributed by atoms with Crippen LogP contribution in [0.1, 0.15) is 42.9 Å². The lowest BCUT2D eigenvalue weighted by molar-refractivity contribution is -0.0724. The lowest BCUT2D eigenvalue weighted by atomic mass is 9.73. The molecule has 0 aromatic rings. The van der Waals surface area contributed by atoms with Crippen LogP contribution in [0, 0.1) is 17.2 Å². The van der Waals surface area contributed by atoms with Crippen molar-refractivity contribution < 1.29 is 11.2 Å². The fourth-order valence-electron chi connectivity index (χ4n) is 1.84. The number of aliphatic hydroxyl groups is 1. The maximum Gasteiger partial charge on any atom is 0.211 e. The first-order chi connectivity index (χ1) is 7.13. The molecule has 1 N–H and O–H groups in total. The van der Waals surface area contributed by atoms with E-state index in [9.17, 15) is 0 Å². The number of aliphatic hydroxyl groups excluding tert-OH is 1. The highest BCUT2D eigenvalue weighted by Crippen LogP contribution is 2.41. The molecule has 1 aliphatic heterocycles. The zero-order valence-corrected chi connectivity index (χ0v) is 10.1. The molecule has 0 amide bonds. The molecule has 1 rings (SSSR count). The van der Waals surface area contributed by atoms with E-state index >= 15 is 0 Å². The number of hydrogen-bond donors (Lipinski definition) is 1. The van der Waals surface area contributed by atoms with Crippen molar-refractivity contribution in [1.82, 2.24) is 0 Å². The first-order valence-electron chi connectivity index (χ1n) is 6.31. The van der Waals surface area contributed by atoms with E-state index in [1.54, 1.807) is 0 Å². The summed E-state index contributed by atoms with van der Waals surface area (Å²) in [5.41, 5.74) is -0.349. The monoisotopic (exact) mass is 204 g/mol. The fraction of sp³-hybridized carbons (Fsp3) is 1.00. The minimum absolute atomic E-state index is 0.0852. The summed E-state index contributed by atoms with van der Waals surface area (Å²) in [4.78, 5) is 0. The second-order valence-electron chi connectivity index (χ2n) is 5.31. The summed E-state index contributed by atoms with van der Waals surface area (Å²) in [7, 11) is 0. The SMILES string of the molecule is [3H]OC1C(C)C(C)OC1C(C)(C)C([3H])(C)C. The highest BCUT2D eigenvalue weighted by atomic mass is 16.5. The normalized spacial score (nSPS) is 42.1. The molecule has 2 nitrogen and oxygen atoms in total. The van der Waals surface area contributed by atoms with Crippen molar-refractivity contribution in [2.24, 2.45) is 17.2 Å². The van der Waals surface area contributed by atoms with Gasteiger partial charge in [-0.1, -0.05) is 34.6 Å². The second-order valence-corrected chi connectivity index (χ2v) is 5.31. The molecule has 4 atom stereocenters. The Morgan fingerprint density at radius 3 is 2.43 bits per heavy atom. The Bertz CT molecular complexity index is 248. The average molecular weight is 204 g/mol. The molecule has 0 radical (unpaired) electrons. The Morgan fingerprint density at radius 2 is 2.00 bits per heavy atom. The molecule has 0 saturated carbocycles. The zero-order valence-electron chi connectivity index (χ0n) is 12.1. The van der Waals surface area contributed by atoms with Crippen LogP contribution in [0.4, 0.5) is 0 Å². The van der Waals surface area contributed by atoms with Crippen LogP contribution in [-0.2, 0) is 4.74 Å². The highest BCUT2D eigenvalue weighted by Gasteiger charge is 2.47. The van der Waals surface area contributed by atoms with Crippen molar-refractivity contribution in [3.05, 3.63) is 0 Å². The zero-order chi connectivity index (χ0) is 12.7. The van der Waals surface area contributed by atoms with Gasteiger partial charge in [0.05, 0.1) is 18.3 Å². The summed E-state index contributed by atoms with van der Waals surface area (Å²) >= 11 is 0. The summed E-state index contributed by atoms with van der Waals surface area (Å²) in [5, 5.41) is 4.83. The van der Waals surface area contributed by atoms with Crippen molar-refractivity contribution in [2.75, 3.05) is 0 Å². The van der Waals surface area contributed by atoms with E-state index in [-0.39, 0.29) is 29.6 Å². The standard InChI is InChI=1S/C12H24O2/c1-7(2)12(5,6)11-10(13)8(3)9(4)14-11/h7-11,13H,1-6H3/i7T,13T. The number of ether oxygens (including phenoxy) is 1. The lowest BCUT2D eigenvalue weighted by Gasteiger charge is -2.37. The molecule has 0 aromatic heterocycles. The van der Waals surface area contributed by atoms with Gasteiger partial charge in [-0.3, -0.25) is 0 Å². The minimum atomic E-state index is -0.627. The molecular weight excluding hydrogens is 176 g/mol. The Hall–Kier alpha value is -0.0800. The van der Waals surface area contributed by atoms with Crippen molar-refractivity contribution in [2.45, 2.75) is 59.9 Å². The van der Waals surface area contributed by atoms with E-state index in [0.717, 1.165) is 0 Å². The first kappa shape index (κ1) is 9.17. The van der Waals surface area contributed by atoms with Crippen LogP contribution in [0.2, 0.25) is 0 Å². The van der Waals surface area contributed by atoms with E-state index in [2.05, 4.69) is 0 Å². The largest absolute Gasteiger partial charge is 0.390 e. The van der Waals surface area contributed by atoms with Crippen molar-refractivity contribution in [3.63, 3.8) is 0 Å². The Kier molecular flexibility index (Phi) is 2.50.